The van der Waals surface area contributed by atoms with E-state index in [9.17, 15) is 0 Å². The Morgan fingerprint density at radius 2 is 2.31 bits per heavy atom. The molecular weight excluding hydrogens is 200 g/mol. The Kier molecular flexibility index (Phi) is 1.53. The molecule has 1 heterocycles. The second kappa shape index (κ2) is 2.67. The molecule has 4 bridgehead atoms. The van der Waals surface area contributed by atoms with Gasteiger partial charge in [-0.2, -0.15) is 5.10 Å². The average molecular weight is 218 g/mol. The zero-order valence-corrected chi connectivity index (χ0v) is 9.47. The molecule has 1 aromatic heterocycles. The molecule has 16 heavy (non-hydrogen) atoms. The third-order valence-electron chi connectivity index (χ3n) is 5.17. The fraction of sp³-hybridized carbons (Fsp3) is 0.833. The Hall–Kier alpha value is -0.900. The number of hydrogen-bond donors (Lipinski definition) is 1. The van der Waals surface area contributed by atoms with Gasteiger partial charge in [0.1, 0.15) is 12.7 Å². The Morgan fingerprint density at radius 3 is 3.00 bits per heavy atom. The fourth-order valence-electron chi connectivity index (χ4n) is 4.99. The van der Waals surface area contributed by atoms with Crippen LogP contribution in [-0.4, -0.2) is 20.3 Å². The van der Waals surface area contributed by atoms with Crippen LogP contribution in [0.5, 0.6) is 0 Å². The number of aromatic nitrogens is 3. The standard InChI is InChI=1S/C12H18N4/c13-12-3-9-1-10(12)4-11(2-9,5-12)6-16-8-14-7-15-16/h7-10H,1-6,13H2. The second-order valence-corrected chi connectivity index (χ2v) is 6.41. The van der Waals surface area contributed by atoms with Crippen molar-refractivity contribution in [3.05, 3.63) is 12.7 Å². The van der Waals surface area contributed by atoms with E-state index in [1.54, 1.807) is 6.33 Å². The highest BCUT2D eigenvalue weighted by Gasteiger charge is 2.62. The van der Waals surface area contributed by atoms with E-state index in [1.807, 2.05) is 11.0 Å². The van der Waals surface area contributed by atoms with Crippen LogP contribution in [0.2, 0.25) is 0 Å². The summed E-state index contributed by atoms with van der Waals surface area (Å²) in [5.41, 5.74) is 7.16. The molecule has 0 amide bonds. The van der Waals surface area contributed by atoms with Crippen LogP contribution < -0.4 is 5.73 Å². The Bertz CT molecular complexity index is 415. The highest BCUT2D eigenvalue weighted by molar-refractivity contribution is 5.16. The summed E-state index contributed by atoms with van der Waals surface area (Å²) in [4.78, 5) is 4.03. The van der Waals surface area contributed by atoms with Gasteiger partial charge in [0.05, 0.1) is 0 Å². The predicted octanol–water partition coefficient (Wildman–Crippen LogP) is 1.19. The van der Waals surface area contributed by atoms with Crippen molar-refractivity contribution in [2.24, 2.45) is 23.0 Å². The van der Waals surface area contributed by atoms with Crippen LogP contribution in [-0.2, 0) is 6.54 Å². The molecule has 2 N–H and O–H groups in total. The van der Waals surface area contributed by atoms with E-state index < -0.39 is 0 Å². The van der Waals surface area contributed by atoms with E-state index in [0.717, 1.165) is 18.4 Å². The van der Waals surface area contributed by atoms with Gasteiger partial charge in [-0.05, 0) is 49.4 Å². The summed E-state index contributed by atoms with van der Waals surface area (Å²) >= 11 is 0. The van der Waals surface area contributed by atoms with Crippen molar-refractivity contribution < 1.29 is 0 Å². The highest BCUT2D eigenvalue weighted by atomic mass is 15.3. The van der Waals surface area contributed by atoms with Gasteiger partial charge in [0, 0.05) is 12.1 Å². The van der Waals surface area contributed by atoms with Crippen LogP contribution in [0.1, 0.15) is 32.1 Å². The predicted molar refractivity (Wildman–Crippen MR) is 59.4 cm³/mol. The molecule has 0 radical (unpaired) electrons. The summed E-state index contributed by atoms with van der Waals surface area (Å²) in [6.45, 7) is 1.03. The highest BCUT2D eigenvalue weighted by Crippen LogP contribution is 2.65. The van der Waals surface area contributed by atoms with E-state index in [-0.39, 0.29) is 5.54 Å². The Morgan fingerprint density at radius 1 is 1.38 bits per heavy atom. The third kappa shape index (κ3) is 1.08. The normalized spacial score (nSPS) is 49.1. The first kappa shape index (κ1) is 9.16. The van der Waals surface area contributed by atoms with E-state index in [0.29, 0.717) is 5.41 Å². The van der Waals surface area contributed by atoms with Crippen molar-refractivity contribution in [1.82, 2.24) is 14.8 Å². The van der Waals surface area contributed by atoms with Gasteiger partial charge in [-0.1, -0.05) is 0 Å². The zero-order valence-electron chi connectivity index (χ0n) is 9.47. The summed E-state index contributed by atoms with van der Waals surface area (Å²) in [5, 5.41) is 4.25. The van der Waals surface area contributed by atoms with Crippen LogP contribution in [0.25, 0.3) is 0 Å². The van der Waals surface area contributed by atoms with Crippen molar-refractivity contribution in [3.63, 3.8) is 0 Å². The lowest BCUT2D eigenvalue weighted by atomic mass is 9.69. The maximum absolute atomic E-state index is 6.55. The van der Waals surface area contributed by atoms with Gasteiger partial charge in [0.15, 0.2) is 0 Å². The van der Waals surface area contributed by atoms with E-state index in [1.165, 1.54) is 32.1 Å². The van der Waals surface area contributed by atoms with Gasteiger partial charge in [0.2, 0.25) is 0 Å². The van der Waals surface area contributed by atoms with Crippen molar-refractivity contribution in [2.75, 3.05) is 0 Å². The molecule has 4 unspecified atom stereocenters. The molecule has 4 heteroatoms. The molecule has 0 saturated heterocycles. The van der Waals surface area contributed by atoms with Crippen LogP contribution >= 0.6 is 0 Å². The average Bonchev–Trinajstić information content (AvgIpc) is 2.79. The lowest BCUT2D eigenvalue weighted by Gasteiger charge is -2.39. The van der Waals surface area contributed by atoms with Gasteiger partial charge < -0.3 is 5.73 Å². The van der Waals surface area contributed by atoms with Crippen LogP contribution in [0.4, 0.5) is 0 Å². The summed E-state index contributed by atoms with van der Waals surface area (Å²) in [6.07, 6.45) is 10.0. The van der Waals surface area contributed by atoms with Crippen molar-refractivity contribution >= 4 is 0 Å². The first-order chi connectivity index (χ1) is 7.68. The summed E-state index contributed by atoms with van der Waals surface area (Å²) in [6, 6.07) is 0. The van der Waals surface area contributed by atoms with Gasteiger partial charge in [-0.25, -0.2) is 4.98 Å². The van der Waals surface area contributed by atoms with E-state index in [4.69, 9.17) is 5.73 Å². The van der Waals surface area contributed by atoms with Crippen LogP contribution in [0.3, 0.4) is 0 Å². The van der Waals surface area contributed by atoms with Gasteiger partial charge in [-0.3, -0.25) is 4.68 Å². The van der Waals surface area contributed by atoms with Gasteiger partial charge in [0.25, 0.3) is 0 Å². The zero-order chi connectivity index (χ0) is 10.8. The monoisotopic (exact) mass is 218 g/mol. The molecule has 4 nitrogen and oxygen atoms in total. The summed E-state index contributed by atoms with van der Waals surface area (Å²) in [7, 11) is 0. The molecule has 0 aromatic carbocycles. The SMILES string of the molecule is NC12CC3CC1CC(Cn1cncn1)(C3)C2. The molecule has 4 aliphatic carbocycles. The number of hydrogen-bond acceptors (Lipinski definition) is 3. The van der Waals surface area contributed by atoms with Crippen LogP contribution in [0.15, 0.2) is 12.7 Å². The molecule has 5 rings (SSSR count). The van der Waals surface area contributed by atoms with Crippen molar-refractivity contribution in [2.45, 2.75) is 44.2 Å². The summed E-state index contributed by atoms with van der Waals surface area (Å²) < 4.78 is 2.00. The smallest absolute Gasteiger partial charge is 0.137 e. The third-order valence-corrected chi connectivity index (χ3v) is 5.17. The quantitative estimate of drug-likeness (QED) is 0.811. The largest absolute Gasteiger partial charge is 0.325 e. The number of rotatable bonds is 2. The first-order valence-electron chi connectivity index (χ1n) is 6.29. The van der Waals surface area contributed by atoms with Crippen molar-refractivity contribution in [1.29, 1.82) is 0 Å². The maximum Gasteiger partial charge on any atom is 0.137 e. The van der Waals surface area contributed by atoms with Gasteiger partial charge in [-0.15, -0.1) is 0 Å². The van der Waals surface area contributed by atoms with E-state index >= 15 is 0 Å². The minimum absolute atomic E-state index is 0.170. The minimum Gasteiger partial charge on any atom is -0.325 e. The maximum atomic E-state index is 6.55. The molecule has 4 aliphatic rings. The van der Waals surface area contributed by atoms with Crippen molar-refractivity contribution in [3.8, 4) is 0 Å². The lowest BCUT2D eigenvalue weighted by molar-refractivity contribution is 0.111. The Balaban J connectivity index is 1.65. The molecular formula is C12H18N4. The summed E-state index contributed by atoms with van der Waals surface area (Å²) in [5.74, 6) is 1.68. The van der Waals surface area contributed by atoms with E-state index in [2.05, 4.69) is 10.1 Å². The molecule has 0 spiro atoms. The topological polar surface area (TPSA) is 56.7 Å². The molecule has 4 atom stereocenters. The second-order valence-electron chi connectivity index (χ2n) is 6.41. The molecule has 4 fully saturated rings. The molecule has 86 valence electrons. The number of nitrogens with zero attached hydrogens (tertiary/aromatic N) is 3. The van der Waals surface area contributed by atoms with Crippen LogP contribution in [0, 0.1) is 17.3 Å². The molecule has 4 saturated carbocycles. The molecule has 0 aliphatic heterocycles. The fourth-order valence-corrected chi connectivity index (χ4v) is 4.99. The Labute approximate surface area is 95.2 Å². The number of nitrogens with two attached hydrogens (primary N) is 1. The molecule has 1 aromatic rings. The van der Waals surface area contributed by atoms with Gasteiger partial charge >= 0.3 is 0 Å². The minimum atomic E-state index is 0.170. The first-order valence-corrected chi connectivity index (χ1v) is 6.29. The lowest BCUT2D eigenvalue weighted by Crippen LogP contribution is -2.43.